The lowest BCUT2D eigenvalue weighted by molar-refractivity contribution is 0.0853. The highest BCUT2D eigenvalue weighted by Gasteiger charge is 2.25. The Morgan fingerprint density at radius 3 is 2.62 bits per heavy atom. The van der Waals surface area contributed by atoms with Crippen molar-refractivity contribution in [2.75, 3.05) is 43.9 Å². The van der Waals surface area contributed by atoms with Gasteiger partial charge in [0.1, 0.15) is 23.3 Å². The Kier molecular flexibility index (Phi) is 9.82. The van der Waals surface area contributed by atoms with Gasteiger partial charge in [0.05, 0.1) is 52.2 Å². The van der Waals surface area contributed by atoms with Crippen molar-refractivity contribution >= 4 is 65.8 Å². The maximum atomic E-state index is 13.9. The first-order valence-electron chi connectivity index (χ1n) is 15.1. The Labute approximate surface area is 294 Å². The highest BCUT2D eigenvalue weighted by molar-refractivity contribution is 7.89. The van der Waals surface area contributed by atoms with E-state index in [1.54, 1.807) is 36.1 Å². The normalized spacial score (nSPS) is 13.7. The van der Waals surface area contributed by atoms with Crippen molar-refractivity contribution in [3.05, 3.63) is 79.9 Å². The van der Waals surface area contributed by atoms with Gasteiger partial charge in [-0.15, -0.1) is 11.3 Å². The molecule has 6 rings (SSSR count). The summed E-state index contributed by atoms with van der Waals surface area (Å²) in [5.41, 5.74) is 2.13. The quantitative estimate of drug-likeness (QED) is 0.242. The number of amides is 1. The number of piperazine rings is 1. The zero-order valence-corrected chi connectivity index (χ0v) is 29.0. The molecule has 50 heavy (non-hydrogen) atoms. The summed E-state index contributed by atoms with van der Waals surface area (Å²) in [4.78, 5) is 43.3. The Hall–Kier alpha value is -5.00. The summed E-state index contributed by atoms with van der Waals surface area (Å²) in [6, 6.07) is 8.96. The third-order valence-electron chi connectivity index (χ3n) is 8.06. The first-order chi connectivity index (χ1) is 23.8. The van der Waals surface area contributed by atoms with E-state index in [4.69, 9.17) is 11.6 Å². The van der Waals surface area contributed by atoms with Gasteiger partial charge in [0.15, 0.2) is 0 Å². The molecule has 1 fully saturated rings. The van der Waals surface area contributed by atoms with Gasteiger partial charge >= 0.3 is 0 Å². The van der Waals surface area contributed by atoms with Crippen LogP contribution in [0.3, 0.4) is 0 Å². The fourth-order valence-electron chi connectivity index (χ4n) is 5.77. The van der Waals surface area contributed by atoms with Crippen LogP contribution in [0.1, 0.15) is 27.3 Å². The van der Waals surface area contributed by atoms with Crippen LogP contribution in [0, 0.1) is 30.1 Å². The molecule has 0 unspecified atom stereocenters. The number of nitrogens with one attached hydrogen (secondary N) is 1. The van der Waals surface area contributed by atoms with Crippen LogP contribution in [0.2, 0.25) is 5.02 Å². The van der Waals surface area contributed by atoms with E-state index >= 15 is 0 Å². The maximum absolute atomic E-state index is 13.9. The molecular weight excluding hydrogens is 710 g/mol. The van der Waals surface area contributed by atoms with Crippen LogP contribution < -0.4 is 15.2 Å². The van der Waals surface area contributed by atoms with Crippen LogP contribution in [0.4, 0.5) is 14.6 Å². The third-order valence-corrected chi connectivity index (χ3v) is 9.85. The van der Waals surface area contributed by atoms with E-state index in [2.05, 4.69) is 32.9 Å². The minimum Gasteiger partial charge on any atom is -0.353 e. The fourth-order valence-corrected chi connectivity index (χ4v) is 7.42. The SMILES string of the molecule is Cc1nc2cnc(N3CCN(CC(F)F)CC3)c(C#N)c2c(=O)n1CC#Cc1ccc(Cl)cc1-c1ccnc2c(C(=O)NS(C)(=O)=O)csc12. The van der Waals surface area contributed by atoms with Gasteiger partial charge in [-0.05, 0) is 31.2 Å². The molecule has 1 N–H and O–H groups in total. The number of rotatable bonds is 7. The molecule has 0 atom stereocenters. The molecule has 5 heterocycles. The molecule has 1 amide bonds. The molecule has 0 spiro atoms. The number of aromatic nitrogens is 4. The molecule has 0 bridgehead atoms. The van der Waals surface area contributed by atoms with E-state index in [9.17, 15) is 32.0 Å². The van der Waals surface area contributed by atoms with E-state index in [1.807, 2.05) is 9.62 Å². The van der Waals surface area contributed by atoms with Gasteiger partial charge in [0.2, 0.25) is 10.0 Å². The molecule has 0 saturated carbocycles. The van der Waals surface area contributed by atoms with Crippen LogP contribution in [-0.4, -0.2) is 84.1 Å². The molecule has 4 aromatic heterocycles. The summed E-state index contributed by atoms with van der Waals surface area (Å²) in [6.45, 7) is 2.73. The number of halogens is 3. The predicted octanol–water partition coefficient (Wildman–Crippen LogP) is 4.03. The smallest absolute Gasteiger partial charge is 0.267 e. The van der Waals surface area contributed by atoms with Gasteiger partial charge in [0, 0.05) is 59.5 Å². The van der Waals surface area contributed by atoms with Gasteiger partial charge in [-0.3, -0.25) is 24.0 Å². The van der Waals surface area contributed by atoms with Crippen LogP contribution in [-0.2, 0) is 16.6 Å². The highest BCUT2D eigenvalue weighted by atomic mass is 35.5. The summed E-state index contributed by atoms with van der Waals surface area (Å²) in [5.74, 6) is 6.02. The van der Waals surface area contributed by atoms with E-state index in [0.29, 0.717) is 69.8 Å². The number of nitrogens with zero attached hydrogens (tertiary/aromatic N) is 7. The fraction of sp³-hybridized carbons (Fsp3) is 0.273. The summed E-state index contributed by atoms with van der Waals surface area (Å²) in [6.07, 6.45) is 1.39. The second kappa shape index (κ2) is 14.1. The van der Waals surface area contributed by atoms with E-state index in [1.165, 1.54) is 33.7 Å². The topological polar surface area (TPSA) is 154 Å². The van der Waals surface area contributed by atoms with Crippen molar-refractivity contribution in [3.63, 3.8) is 0 Å². The number of aryl methyl sites for hydroxylation is 1. The monoisotopic (exact) mass is 736 g/mol. The van der Waals surface area contributed by atoms with Gasteiger partial charge < -0.3 is 4.90 Å². The molecule has 0 aliphatic carbocycles. The second-order valence-corrected chi connectivity index (χ2v) is 14.5. The molecule has 1 saturated heterocycles. The van der Waals surface area contributed by atoms with Gasteiger partial charge in [-0.2, -0.15) is 5.26 Å². The van der Waals surface area contributed by atoms with Crippen LogP contribution in [0.15, 0.2) is 46.8 Å². The predicted molar refractivity (Wildman–Crippen MR) is 187 cm³/mol. The standard InChI is InChI=1S/C33H27ClF2N8O4S2/c1-19-40-26-16-39-31(43-12-10-42(11-13-43)17-27(35)36)24(15-37)28(26)33(46)44(19)9-3-4-20-5-6-21(34)14-23(20)22-7-8-38-29-25(18-49-30(22)29)32(45)41-50(2,47)48/h5-8,14,16,18,27H,9-13,17H2,1-2H3,(H,41,45). The number of nitriles is 1. The van der Waals surface area contributed by atoms with Crippen molar-refractivity contribution in [3.8, 4) is 29.0 Å². The number of pyridine rings is 2. The third kappa shape index (κ3) is 7.15. The molecule has 256 valence electrons. The summed E-state index contributed by atoms with van der Waals surface area (Å²) in [5, 5.41) is 12.2. The van der Waals surface area contributed by atoms with Crippen LogP contribution >= 0.6 is 22.9 Å². The lowest BCUT2D eigenvalue weighted by Crippen LogP contribution is -2.48. The van der Waals surface area contributed by atoms with Crippen molar-refractivity contribution in [1.82, 2.24) is 29.1 Å². The number of hydrogen-bond acceptors (Lipinski definition) is 11. The van der Waals surface area contributed by atoms with Crippen molar-refractivity contribution in [1.29, 1.82) is 5.26 Å². The Balaban J connectivity index is 1.34. The molecular formula is C33H27ClF2N8O4S2. The Morgan fingerprint density at radius 1 is 1.16 bits per heavy atom. The molecule has 12 nitrogen and oxygen atoms in total. The van der Waals surface area contributed by atoms with Crippen molar-refractivity contribution in [2.45, 2.75) is 19.9 Å². The molecule has 5 aromatic rings. The van der Waals surface area contributed by atoms with Gasteiger partial charge in [-0.25, -0.2) is 31.9 Å². The lowest BCUT2D eigenvalue weighted by atomic mass is 10.00. The number of sulfonamides is 1. The number of anilines is 1. The van der Waals surface area contributed by atoms with Crippen molar-refractivity contribution < 1.29 is 22.0 Å². The number of fused-ring (bicyclic) bond motifs is 2. The average molecular weight is 737 g/mol. The largest absolute Gasteiger partial charge is 0.353 e. The number of hydrogen-bond donors (Lipinski definition) is 1. The second-order valence-electron chi connectivity index (χ2n) is 11.4. The Bertz CT molecular complexity index is 2440. The Morgan fingerprint density at radius 2 is 1.92 bits per heavy atom. The molecule has 1 aliphatic heterocycles. The highest BCUT2D eigenvalue weighted by Crippen LogP contribution is 2.36. The first-order valence-corrected chi connectivity index (χ1v) is 18.2. The number of benzene rings is 1. The summed E-state index contributed by atoms with van der Waals surface area (Å²) >= 11 is 7.60. The zero-order chi connectivity index (χ0) is 35.7. The van der Waals surface area contributed by atoms with Crippen LogP contribution in [0.25, 0.3) is 32.2 Å². The number of carbonyl (C=O) groups excluding carboxylic acids is 1. The summed E-state index contributed by atoms with van der Waals surface area (Å²) < 4.78 is 53.0. The molecule has 17 heteroatoms. The number of carbonyl (C=O) groups is 1. The van der Waals surface area contributed by atoms with Crippen LogP contribution in [0.5, 0.6) is 0 Å². The summed E-state index contributed by atoms with van der Waals surface area (Å²) in [7, 11) is -3.79. The van der Waals surface area contributed by atoms with Crippen molar-refractivity contribution in [2.24, 2.45) is 0 Å². The zero-order valence-electron chi connectivity index (χ0n) is 26.6. The van der Waals surface area contributed by atoms with Gasteiger partial charge in [0.25, 0.3) is 17.9 Å². The number of thiophene rings is 1. The van der Waals surface area contributed by atoms with E-state index < -0.39 is 27.9 Å². The van der Waals surface area contributed by atoms with Gasteiger partial charge in [-0.1, -0.05) is 23.4 Å². The lowest BCUT2D eigenvalue weighted by Gasteiger charge is -2.35. The molecule has 1 aromatic carbocycles. The maximum Gasteiger partial charge on any atom is 0.267 e. The minimum atomic E-state index is -3.79. The van der Waals surface area contributed by atoms with E-state index in [-0.39, 0.29) is 35.1 Å². The molecule has 1 aliphatic rings. The van der Waals surface area contributed by atoms with E-state index in [0.717, 1.165) is 6.26 Å². The average Bonchev–Trinajstić information content (AvgIpc) is 3.50. The minimum absolute atomic E-state index is 0.0613. The number of alkyl halides is 2. The first kappa shape index (κ1) is 34.8. The molecule has 0 radical (unpaired) electrons.